The molecule has 10 atom stereocenters. The molecule has 0 spiro atoms. The molecule has 4 saturated heterocycles. The Balaban J connectivity index is 1.25. The smallest absolute Gasteiger partial charge is 0.329 e. The third kappa shape index (κ3) is 5.05. The van der Waals surface area contributed by atoms with Gasteiger partial charge in [-0.3, -0.25) is 9.13 Å². The summed E-state index contributed by atoms with van der Waals surface area (Å²) in [4.78, 5) is 13.8. The highest BCUT2D eigenvalue weighted by molar-refractivity contribution is 5.77. The lowest BCUT2D eigenvalue weighted by Gasteiger charge is -2.28. The fraction of sp³-hybridized carbons (Fsp3) is 0.750. The minimum Gasteiger partial charge on any atom is -0.388 e. The van der Waals surface area contributed by atoms with Gasteiger partial charge in [-0.2, -0.15) is 0 Å². The summed E-state index contributed by atoms with van der Waals surface area (Å²) in [5, 5.41) is 22.6. The first-order valence-electron chi connectivity index (χ1n) is 14.0. The topological polar surface area (TPSA) is 141 Å². The summed E-state index contributed by atoms with van der Waals surface area (Å²) in [5.74, 6) is -1.66. The fourth-order valence-electron chi connectivity index (χ4n) is 6.53. The van der Waals surface area contributed by atoms with Gasteiger partial charge in [0.25, 0.3) is 0 Å². The molecule has 2 aromatic rings. The van der Waals surface area contributed by atoms with Crippen molar-refractivity contribution in [1.82, 2.24) is 9.13 Å². The minimum absolute atomic E-state index is 0.0726. The van der Waals surface area contributed by atoms with Crippen molar-refractivity contribution >= 4 is 11.0 Å². The lowest BCUT2D eigenvalue weighted by molar-refractivity contribution is -0.228. The standard InChI is InChI=1S/C28H40N2O11/c1-13-8-9-14-15(10-13)30(12-17(32)19-21(35-7)23-25(37-19)41-28(4,5)39-23)26(33)29(14)11-16(31)18-20(34-6)22-24(36-18)40-27(2,3)38-22/h8-10,16-25,31-32H,11-12H2,1-7H3/t16-,17+,18+,19+,20-,21-,22+,23-,24+,25-/m1/s1. The molecule has 4 aliphatic rings. The quantitative estimate of drug-likeness (QED) is 0.454. The minimum atomic E-state index is -1.11. The van der Waals surface area contributed by atoms with Crippen molar-refractivity contribution in [2.45, 2.75) is 121 Å². The number of rotatable bonds is 8. The summed E-state index contributed by atoms with van der Waals surface area (Å²) in [6.45, 7) is 8.93. The van der Waals surface area contributed by atoms with E-state index in [0.717, 1.165) is 5.56 Å². The third-order valence-electron chi connectivity index (χ3n) is 8.27. The molecule has 4 aliphatic heterocycles. The molecular weight excluding hydrogens is 540 g/mol. The maximum Gasteiger partial charge on any atom is 0.329 e. The summed E-state index contributed by atoms with van der Waals surface area (Å²) in [7, 11) is 3.05. The Morgan fingerprint density at radius 3 is 1.73 bits per heavy atom. The molecule has 1 aromatic carbocycles. The number of hydrogen-bond acceptors (Lipinski definition) is 11. The number of methoxy groups -OCH3 is 2. The van der Waals surface area contributed by atoms with Gasteiger partial charge in [0.1, 0.15) is 48.8 Å². The van der Waals surface area contributed by atoms with E-state index in [1.807, 2.05) is 25.1 Å². The Bertz CT molecular complexity index is 1340. The van der Waals surface area contributed by atoms with Crippen molar-refractivity contribution in [2.24, 2.45) is 0 Å². The number of aromatic nitrogens is 2. The number of aliphatic hydroxyl groups is 2. The van der Waals surface area contributed by atoms with Crippen LogP contribution in [0.1, 0.15) is 33.3 Å². The molecular formula is C28H40N2O11. The zero-order chi connectivity index (χ0) is 29.4. The van der Waals surface area contributed by atoms with Crippen LogP contribution in [0, 0.1) is 6.92 Å². The molecule has 2 N–H and O–H groups in total. The second-order valence-electron chi connectivity index (χ2n) is 12.2. The van der Waals surface area contributed by atoms with Crippen molar-refractivity contribution in [1.29, 1.82) is 0 Å². The van der Waals surface area contributed by atoms with Crippen molar-refractivity contribution in [2.75, 3.05) is 14.2 Å². The van der Waals surface area contributed by atoms with Crippen LogP contribution in [0.15, 0.2) is 23.0 Å². The monoisotopic (exact) mass is 580 g/mol. The molecule has 0 aliphatic carbocycles. The van der Waals surface area contributed by atoms with Crippen molar-refractivity contribution < 1.29 is 48.1 Å². The van der Waals surface area contributed by atoms with Crippen LogP contribution >= 0.6 is 0 Å². The molecule has 0 radical (unpaired) electrons. The molecule has 0 saturated carbocycles. The van der Waals surface area contributed by atoms with Gasteiger partial charge in [-0.05, 0) is 52.3 Å². The van der Waals surface area contributed by atoms with E-state index in [2.05, 4.69) is 0 Å². The zero-order valence-electron chi connectivity index (χ0n) is 24.4. The molecule has 1 aromatic heterocycles. The molecule has 5 heterocycles. The van der Waals surface area contributed by atoms with E-state index in [0.29, 0.717) is 11.0 Å². The predicted octanol–water partition coefficient (Wildman–Crippen LogP) is 0.616. The van der Waals surface area contributed by atoms with Gasteiger partial charge in [0, 0.05) is 14.2 Å². The Labute approximate surface area is 237 Å². The Morgan fingerprint density at radius 1 is 0.805 bits per heavy atom. The van der Waals surface area contributed by atoms with Gasteiger partial charge in [0.2, 0.25) is 0 Å². The van der Waals surface area contributed by atoms with Crippen molar-refractivity contribution in [3.05, 3.63) is 34.2 Å². The van der Waals surface area contributed by atoms with E-state index in [-0.39, 0.29) is 13.1 Å². The van der Waals surface area contributed by atoms with Gasteiger partial charge in [-0.1, -0.05) is 6.07 Å². The van der Waals surface area contributed by atoms with Gasteiger partial charge < -0.3 is 48.1 Å². The number of ether oxygens (including phenoxy) is 8. The molecule has 0 unspecified atom stereocenters. The second-order valence-corrected chi connectivity index (χ2v) is 12.2. The largest absolute Gasteiger partial charge is 0.388 e. The van der Waals surface area contributed by atoms with E-state index in [4.69, 9.17) is 37.9 Å². The van der Waals surface area contributed by atoms with Gasteiger partial charge in [-0.15, -0.1) is 0 Å². The molecule has 4 fully saturated rings. The van der Waals surface area contributed by atoms with Crippen LogP contribution in [0.2, 0.25) is 0 Å². The molecule has 228 valence electrons. The van der Waals surface area contributed by atoms with Gasteiger partial charge in [-0.25, -0.2) is 4.79 Å². The first kappa shape index (κ1) is 29.2. The van der Waals surface area contributed by atoms with Gasteiger partial charge in [0.15, 0.2) is 24.2 Å². The number of benzene rings is 1. The van der Waals surface area contributed by atoms with Gasteiger partial charge in [0.05, 0.1) is 24.1 Å². The first-order chi connectivity index (χ1) is 19.3. The number of fused-ring (bicyclic) bond motifs is 3. The van der Waals surface area contributed by atoms with E-state index in [1.165, 1.54) is 23.4 Å². The van der Waals surface area contributed by atoms with Crippen LogP contribution in [0.5, 0.6) is 0 Å². The van der Waals surface area contributed by atoms with Crippen molar-refractivity contribution in [3.63, 3.8) is 0 Å². The highest BCUT2D eigenvalue weighted by atomic mass is 16.9. The maximum absolute atomic E-state index is 13.8. The summed E-state index contributed by atoms with van der Waals surface area (Å²) < 4.78 is 49.8. The van der Waals surface area contributed by atoms with Crippen molar-refractivity contribution in [3.8, 4) is 0 Å². The number of nitrogens with zero attached hydrogens (tertiary/aromatic N) is 2. The number of aryl methyl sites for hydroxylation is 1. The highest BCUT2D eigenvalue weighted by Crippen LogP contribution is 2.41. The molecule has 0 amide bonds. The summed E-state index contributed by atoms with van der Waals surface area (Å²) in [5.41, 5.74) is 1.76. The van der Waals surface area contributed by atoms with Crippen LogP contribution in [0.25, 0.3) is 11.0 Å². The number of imidazole rings is 1. The fourth-order valence-corrected chi connectivity index (χ4v) is 6.53. The molecule has 13 nitrogen and oxygen atoms in total. The molecule has 13 heteroatoms. The zero-order valence-corrected chi connectivity index (χ0v) is 24.4. The molecule has 6 rings (SSSR count). The molecule has 41 heavy (non-hydrogen) atoms. The number of hydrogen-bond donors (Lipinski definition) is 2. The summed E-state index contributed by atoms with van der Waals surface area (Å²) in [6, 6.07) is 5.59. The van der Waals surface area contributed by atoms with Crippen LogP contribution in [0.4, 0.5) is 0 Å². The average molecular weight is 581 g/mol. The normalized spacial score (nSPS) is 37.0. The Kier molecular flexibility index (Phi) is 7.38. The van der Waals surface area contributed by atoms with Crippen LogP contribution in [-0.4, -0.2) is 107 Å². The third-order valence-corrected chi connectivity index (χ3v) is 8.27. The van der Waals surface area contributed by atoms with Crippen LogP contribution < -0.4 is 5.69 Å². The van der Waals surface area contributed by atoms with Crippen LogP contribution in [0.3, 0.4) is 0 Å². The maximum atomic E-state index is 13.8. The van der Waals surface area contributed by atoms with Crippen LogP contribution in [-0.2, 0) is 51.0 Å². The Morgan fingerprint density at radius 2 is 1.27 bits per heavy atom. The number of aliphatic hydroxyl groups excluding tert-OH is 2. The average Bonchev–Trinajstić information content (AvgIpc) is 3.63. The Hall–Kier alpha value is -1.91. The van der Waals surface area contributed by atoms with E-state index < -0.39 is 78.7 Å². The highest BCUT2D eigenvalue weighted by Gasteiger charge is 2.58. The van der Waals surface area contributed by atoms with E-state index in [1.54, 1.807) is 27.7 Å². The van der Waals surface area contributed by atoms with E-state index >= 15 is 0 Å². The van der Waals surface area contributed by atoms with Gasteiger partial charge >= 0.3 is 5.69 Å². The summed E-state index contributed by atoms with van der Waals surface area (Å²) >= 11 is 0. The lowest BCUT2D eigenvalue weighted by Crippen LogP contribution is -2.46. The predicted molar refractivity (Wildman–Crippen MR) is 142 cm³/mol. The first-order valence-corrected chi connectivity index (χ1v) is 14.0. The lowest BCUT2D eigenvalue weighted by atomic mass is 10.1. The SMILES string of the molecule is CO[C@@H]1[C@H]([C@@H](O)Cn2c(=O)n(C[C@@H](O)[C@@H]3O[C@H]4OC(C)(C)O[C@H]4[C@@H]3OC)c3ccc(C)cc32)O[C@@H]2OC(C)(C)O[C@@H]21. The summed E-state index contributed by atoms with van der Waals surface area (Å²) in [6.07, 6.45) is -7.39. The van der Waals surface area contributed by atoms with E-state index in [9.17, 15) is 15.0 Å². The second kappa shape index (κ2) is 10.4. The molecule has 0 bridgehead atoms.